The van der Waals surface area contributed by atoms with Crippen molar-refractivity contribution >= 4 is 17.4 Å². The number of benzene rings is 1. The Balaban J connectivity index is 1.99. The van der Waals surface area contributed by atoms with Gasteiger partial charge in [-0.15, -0.1) is 0 Å². The molecule has 1 saturated heterocycles. The highest BCUT2D eigenvalue weighted by Gasteiger charge is 2.25. The molecular weight excluding hydrogens is 264 g/mol. The molecule has 0 spiro atoms. The normalized spacial score (nSPS) is 17.8. The summed E-state index contributed by atoms with van der Waals surface area (Å²) in [5.41, 5.74) is 1.33. The molecule has 4 nitrogen and oxygen atoms in total. The van der Waals surface area contributed by atoms with Crippen molar-refractivity contribution in [3.05, 3.63) is 29.8 Å². The maximum Gasteiger partial charge on any atom is 0.282 e. The summed E-state index contributed by atoms with van der Waals surface area (Å²) in [5.74, 6) is 0.0462. The van der Waals surface area contributed by atoms with Crippen LogP contribution in [0.25, 0.3) is 0 Å². The average Bonchev–Trinajstić information content (AvgIpc) is 2.75. The van der Waals surface area contributed by atoms with Gasteiger partial charge in [-0.2, -0.15) is 0 Å². The molecular formula is C17H25N2O2+. The molecule has 0 aliphatic carbocycles. The van der Waals surface area contributed by atoms with Gasteiger partial charge < -0.3 is 10.2 Å². The van der Waals surface area contributed by atoms with Gasteiger partial charge in [-0.3, -0.25) is 9.59 Å². The van der Waals surface area contributed by atoms with Gasteiger partial charge >= 0.3 is 0 Å². The fraction of sp³-hybridized carbons (Fsp3) is 0.529. The number of hydrogen-bond acceptors (Lipinski definition) is 2. The van der Waals surface area contributed by atoms with E-state index in [-0.39, 0.29) is 17.7 Å². The fourth-order valence-electron chi connectivity index (χ4n) is 2.87. The van der Waals surface area contributed by atoms with E-state index in [4.69, 9.17) is 0 Å². The Hall–Kier alpha value is -1.68. The maximum absolute atomic E-state index is 12.4. The number of rotatable bonds is 4. The number of amides is 1. The first kappa shape index (κ1) is 15.7. The third kappa shape index (κ3) is 4.39. The van der Waals surface area contributed by atoms with Crippen LogP contribution in [0.4, 0.5) is 5.69 Å². The summed E-state index contributed by atoms with van der Waals surface area (Å²) in [7, 11) is 0. The van der Waals surface area contributed by atoms with E-state index >= 15 is 0 Å². The molecule has 1 atom stereocenters. The Kier molecular flexibility index (Phi) is 5.51. The van der Waals surface area contributed by atoms with Gasteiger partial charge in [0, 0.05) is 11.3 Å². The summed E-state index contributed by atoms with van der Waals surface area (Å²) in [6.45, 7) is 5.67. The summed E-state index contributed by atoms with van der Waals surface area (Å²) in [5, 5.41) is 2.94. The van der Waals surface area contributed by atoms with Crippen LogP contribution < -0.4 is 10.2 Å². The summed E-state index contributed by atoms with van der Waals surface area (Å²) in [6.07, 6.45) is 4.95. The molecule has 114 valence electrons. The monoisotopic (exact) mass is 289 g/mol. The zero-order chi connectivity index (χ0) is 15.2. The fourth-order valence-corrected chi connectivity index (χ4v) is 2.87. The second-order valence-electron chi connectivity index (χ2n) is 5.92. The van der Waals surface area contributed by atoms with Crippen molar-refractivity contribution in [1.29, 1.82) is 0 Å². The molecule has 21 heavy (non-hydrogen) atoms. The number of Topliss-reactive ketones (excluding diaryl/α,β-unsaturated/α-hetero) is 1. The number of anilines is 1. The first-order valence-electron chi connectivity index (χ1n) is 7.84. The molecule has 0 saturated carbocycles. The van der Waals surface area contributed by atoms with Crippen molar-refractivity contribution in [2.75, 3.05) is 18.4 Å². The van der Waals surface area contributed by atoms with E-state index in [1.54, 1.807) is 18.2 Å². The van der Waals surface area contributed by atoms with Crippen LogP contribution >= 0.6 is 0 Å². The molecule has 1 aromatic carbocycles. The minimum Gasteiger partial charge on any atom is -0.325 e. The Bertz CT molecular complexity index is 505. The number of nitrogens with one attached hydrogen (secondary N) is 2. The van der Waals surface area contributed by atoms with E-state index in [2.05, 4.69) is 5.32 Å². The smallest absolute Gasteiger partial charge is 0.282 e. The number of carbonyl (C=O) groups excluding carboxylic acids is 2. The zero-order valence-electron chi connectivity index (χ0n) is 12.9. The molecule has 1 aliphatic heterocycles. The Labute approximate surface area is 126 Å². The quantitative estimate of drug-likeness (QED) is 0.829. The van der Waals surface area contributed by atoms with E-state index in [1.807, 2.05) is 13.0 Å². The predicted molar refractivity (Wildman–Crippen MR) is 83.7 cm³/mol. The highest BCUT2D eigenvalue weighted by atomic mass is 16.2. The van der Waals surface area contributed by atoms with Gasteiger partial charge in [0.05, 0.1) is 13.1 Å². The van der Waals surface area contributed by atoms with Gasteiger partial charge in [-0.05, 0) is 51.7 Å². The van der Waals surface area contributed by atoms with Crippen molar-refractivity contribution in [2.45, 2.75) is 45.6 Å². The summed E-state index contributed by atoms with van der Waals surface area (Å²) < 4.78 is 0. The van der Waals surface area contributed by atoms with Crippen molar-refractivity contribution in [1.82, 2.24) is 0 Å². The minimum atomic E-state index is -0.0518. The summed E-state index contributed by atoms with van der Waals surface area (Å²) in [6, 6.07) is 7.08. The van der Waals surface area contributed by atoms with Crippen LogP contribution in [0.2, 0.25) is 0 Å². The van der Waals surface area contributed by atoms with Crippen LogP contribution in [0.1, 0.15) is 49.9 Å². The number of ketones is 1. The Morgan fingerprint density at radius 1 is 1.14 bits per heavy atom. The molecule has 4 heteroatoms. The molecule has 1 aliphatic rings. The maximum atomic E-state index is 12.4. The lowest BCUT2D eigenvalue weighted by Crippen LogP contribution is -3.16. The zero-order valence-corrected chi connectivity index (χ0v) is 12.9. The van der Waals surface area contributed by atoms with Gasteiger partial charge in [-0.1, -0.05) is 12.1 Å². The largest absolute Gasteiger partial charge is 0.325 e. The second kappa shape index (κ2) is 7.36. The standard InChI is InChI=1S/C17H24N2O2/c1-13(19-10-5-3-4-6-11-19)17(21)18-16-9-7-8-15(12-16)14(2)20/h7-9,12-13H,3-6,10-11H2,1-2H3,(H,18,21)/p+1/t13-/m0/s1. The SMILES string of the molecule is CC(=O)c1cccc(NC(=O)[C@H](C)[NH+]2CCCCCC2)c1. The van der Waals surface area contributed by atoms with Crippen LogP contribution in [0.3, 0.4) is 0 Å². The van der Waals surface area contributed by atoms with Crippen LogP contribution in [-0.2, 0) is 4.79 Å². The molecule has 2 N–H and O–H groups in total. The Morgan fingerprint density at radius 3 is 2.43 bits per heavy atom. The van der Waals surface area contributed by atoms with E-state index in [9.17, 15) is 9.59 Å². The predicted octanol–water partition coefficient (Wildman–Crippen LogP) is 1.68. The summed E-state index contributed by atoms with van der Waals surface area (Å²) in [4.78, 5) is 25.1. The Morgan fingerprint density at radius 2 is 1.81 bits per heavy atom. The molecule has 1 aromatic rings. The number of likely N-dealkylation sites (tertiary alicyclic amines) is 1. The molecule has 0 radical (unpaired) electrons. The third-order valence-corrected chi connectivity index (χ3v) is 4.29. The topological polar surface area (TPSA) is 50.6 Å². The lowest BCUT2D eigenvalue weighted by molar-refractivity contribution is -0.913. The van der Waals surface area contributed by atoms with E-state index in [0.29, 0.717) is 11.3 Å². The van der Waals surface area contributed by atoms with Crippen molar-refractivity contribution in [3.63, 3.8) is 0 Å². The minimum absolute atomic E-state index is 0.0114. The van der Waals surface area contributed by atoms with Crippen LogP contribution in [0, 0.1) is 0 Å². The van der Waals surface area contributed by atoms with Gasteiger partial charge in [0.2, 0.25) is 0 Å². The molecule has 0 aromatic heterocycles. The third-order valence-electron chi connectivity index (χ3n) is 4.29. The molecule has 1 fully saturated rings. The first-order chi connectivity index (χ1) is 10.1. The number of quaternary nitrogens is 1. The van der Waals surface area contributed by atoms with Gasteiger partial charge in [0.25, 0.3) is 5.91 Å². The highest BCUT2D eigenvalue weighted by Crippen LogP contribution is 2.11. The van der Waals surface area contributed by atoms with Gasteiger partial charge in [0.1, 0.15) is 0 Å². The lowest BCUT2D eigenvalue weighted by Gasteiger charge is -2.23. The van der Waals surface area contributed by atoms with Crippen molar-refractivity contribution in [2.24, 2.45) is 0 Å². The van der Waals surface area contributed by atoms with Crippen LogP contribution in [0.5, 0.6) is 0 Å². The summed E-state index contributed by atoms with van der Waals surface area (Å²) >= 11 is 0. The number of carbonyl (C=O) groups is 2. The van der Waals surface area contributed by atoms with Gasteiger partial charge in [0.15, 0.2) is 11.8 Å². The van der Waals surface area contributed by atoms with E-state index in [1.165, 1.54) is 37.5 Å². The van der Waals surface area contributed by atoms with Crippen molar-refractivity contribution in [3.8, 4) is 0 Å². The van der Waals surface area contributed by atoms with Crippen molar-refractivity contribution < 1.29 is 14.5 Å². The average molecular weight is 289 g/mol. The van der Waals surface area contributed by atoms with E-state index < -0.39 is 0 Å². The number of hydrogen-bond donors (Lipinski definition) is 2. The van der Waals surface area contributed by atoms with Crippen LogP contribution in [-0.4, -0.2) is 30.8 Å². The second-order valence-corrected chi connectivity index (χ2v) is 5.92. The molecule has 1 amide bonds. The van der Waals surface area contributed by atoms with Gasteiger partial charge in [-0.25, -0.2) is 0 Å². The highest BCUT2D eigenvalue weighted by molar-refractivity contribution is 5.97. The van der Waals surface area contributed by atoms with E-state index in [0.717, 1.165) is 13.1 Å². The molecule has 0 unspecified atom stereocenters. The lowest BCUT2D eigenvalue weighted by atomic mass is 10.1. The van der Waals surface area contributed by atoms with Crippen LogP contribution in [0.15, 0.2) is 24.3 Å². The first-order valence-corrected chi connectivity index (χ1v) is 7.84. The molecule has 0 bridgehead atoms. The molecule has 1 heterocycles. The molecule has 2 rings (SSSR count).